The highest BCUT2D eigenvalue weighted by atomic mass is 16.5. The van der Waals surface area contributed by atoms with Gasteiger partial charge in [-0.05, 0) is 32.8 Å². The standard InChI is InChI=1S/C13H24N2O/c1-5-7-15(8-6-2)11-9-12(14)16-13(3,4)10-11/h9-10H,5-8,14H2,1-4H3. The minimum atomic E-state index is -0.298. The van der Waals surface area contributed by atoms with E-state index in [1.165, 1.54) is 5.70 Å². The zero-order valence-corrected chi connectivity index (χ0v) is 10.9. The van der Waals surface area contributed by atoms with Crippen molar-refractivity contribution in [3.63, 3.8) is 0 Å². The van der Waals surface area contributed by atoms with Crippen LogP contribution in [0.15, 0.2) is 23.7 Å². The molecule has 0 atom stereocenters. The van der Waals surface area contributed by atoms with Gasteiger partial charge in [-0.15, -0.1) is 0 Å². The second-order valence-electron chi connectivity index (χ2n) is 4.81. The summed E-state index contributed by atoms with van der Waals surface area (Å²) in [4.78, 5) is 2.37. The number of hydrogen-bond acceptors (Lipinski definition) is 3. The maximum Gasteiger partial charge on any atom is 0.187 e. The molecule has 1 heterocycles. The highest BCUT2D eigenvalue weighted by molar-refractivity contribution is 5.26. The Kier molecular flexibility index (Phi) is 4.27. The Hall–Kier alpha value is -1.12. The fourth-order valence-corrected chi connectivity index (χ4v) is 2.00. The lowest BCUT2D eigenvalue weighted by atomic mass is 10.0. The van der Waals surface area contributed by atoms with Gasteiger partial charge >= 0.3 is 0 Å². The predicted molar refractivity (Wildman–Crippen MR) is 67.7 cm³/mol. The third kappa shape index (κ3) is 3.47. The molecule has 3 nitrogen and oxygen atoms in total. The normalized spacial score (nSPS) is 18.5. The Balaban J connectivity index is 2.86. The summed E-state index contributed by atoms with van der Waals surface area (Å²) in [5, 5.41) is 0. The second-order valence-corrected chi connectivity index (χ2v) is 4.81. The molecule has 1 aliphatic heterocycles. The summed E-state index contributed by atoms with van der Waals surface area (Å²) in [6.45, 7) is 10.6. The van der Waals surface area contributed by atoms with Crippen molar-refractivity contribution in [2.45, 2.75) is 46.1 Å². The van der Waals surface area contributed by atoms with E-state index in [0.717, 1.165) is 25.9 Å². The van der Waals surface area contributed by atoms with Gasteiger partial charge in [0.15, 0.2) is 5.88 Å². The van der Waals surface area contributed by atoms with E-state index in [1.807, 2.05) is 19.9 Å². The first-order chi connectivity index (χ1) is 7.48. The average molecular weight is 224 g/mol. The Labute approximate surface area is 98.9 Å². The van der Waals surface area contributed by atoms with Crippen LogP contribution < -0.4 is 5.73 Å². The van der Waals surface area contributed by atoms with Crippen molar-refractivity contribution in [2.75, 3.05) is 13.1 Å². The Bertz CT molecular complexity index is 286. The zero-order valence-electron chi connectivity index (χ0n) is 10.9. The van der Waals surface area contributed by atoms with Crippen molar-refractivity contribution >= 4 is 0 Å². The Morgan fingerprint density at radius 2 is 1.81 bits per heavy atom. The molecule has 0 saturated carbocycles. The molecule has 2 N–H and O–H groups in total. The Morgan fingerprint density at radius 1 is 1.25 bits per heavy atom. The molecule has 0 radical (unpaired) electrons. The van der Waals surface area contributed by atoms with Crippen LogP contribution in [0.4, 0.5) is 0 Å². The lowest BCUT2D eigenvalue weighted by Gasteiger charge is -2.33. The van der Waals surface area contributed by atoms with E-state index >= 15 is 0 Å². The fourth-order valence-electron chi connectivity index (χ4n) is 2.00. The first-order valence-corrected chi connectivity index (χ1v) is 6.12. The van der Waals surface area contributed by atoms with Gasteiger partial charge in [0.25, 0.3) is 0 Å². The third-order valence-electron chi connectivity index (χ3n) is 2.52. The molecular formula is C13H24N2O. The summed E-state index contributed by atoms with van der Waals surface area (Å²) in [5.74, 6) is 0.514. The van der Waals surface area contributed by atoms with Gasteiger partial charge in [0.1, 0.15) is 5.60 Å². The molecule has 1 aliphatic rings. The van der Waals surface area contributed by atoms with Crippen LogP contribution in [0.1, 0.15) is 40.5 Å². The van der Waals surface area contributed by atoms with Crippen LogP contribution in [0.25, 0.3) is 0 Å². The largest absolute Gasteiger partial charge is 0.469 e. The summed E-state index contributed by atoms with van der Waals surface area (Å²) >= 11 is 0. The van der Waals surface area contributed by atoms with Gasteiger partial charge < -0.3 is 15.4 Å². The maximum absolute atomic E-state index is 5.80. The molecule has 16 heavy (non-hydrogen) atoms. The fraction of sp³-hybridized carbons (Fsp3) is 0.692. The average Bonchev–Trinajstić information content (AvgIpc) is 2.14. The van der Waals surface area contributed by atoms with E-state index in [9.17, 15) is 0 Å². The number of nitrogens with zero attached hydrogens (tertiary/aromatic N) is 1. The molecule has 0 saturated heterocycles. The lowest BCUT2D eigenvalue weighted by molar-refractivity contribution is 0.0680. The predicted octanol–water partition coefficient (Wildman–Crippen LogP) is 2.60. The van der Waals surface area contributed by atoms with Crippen molar-refractivity contribution in [3.8, 4) is 0 Å². The smallest absolute Gasteiger partial charge is 0.187 e. The summed E-state index contributed by atoms with van der Waals surface area (Å²) in [6.07, 6.45) is 6.37. The minimum Gasteiger partial charge on any atom is -0.469 e. The number of ether oxygens (including phenoxy) is 1. The monoisotopic (exact) mass is 224 g/mol. The summed E-state index contributed by atoms with van der Waals surface area (Å²) in [5.41, 5.74) is 6.70. The van der Waals surface area contributed by atoms with Crippen LogP contribution in [0.5, 0.6) is 0 Å². The highest BCUT2D eigenvalue weighted by Gasteiger charge is 2.23. The number of hydrogen-bond donors (Lipinski definition) is 1. The SMILES string of the molecule is CCCN(CCC)C1=CC(C)(C)OC(N)=C1. The quantitative estimate of drug-likeness (QED) is 0.780. The maximum atomic E-state index is 5.80. The van der Waals surface area contributed by atoms with Gasteiger partial charge in [0.05, 0.1) is 0 Å². The van der Waals surface area contributed by atoms with Gasteiger partial charge in [0.2, 0.25) is 0 Å². The summed E-state index contributed by atoms with van der Waals surface area (Å²) in [7, 11) is 0. The first-order valence-electron chi connectivity index (χ1n) is 6.12. The van der Waals surface area contributed by atoms with Crippen molar-refractivity contribution in [3.05, 3.63) is 23.7 Å². The van der Waals surface area contributed by atoms with Crippen LogP contribution >= 0.6 is 0 Å². The van der Waals surface area contributed by atoms with E-state index in [0.29, 0.717) is 5.88 Å². The van der Waals surface area contributed by atoms with E-state index in [1.54, 1.807) is 0 Å². The molecule has 0 aromatic rings. The topological polar surface area (TPSA) is 38.5 Å². The third-order valence-corrected chi connectivity index (χ3v) is 2.52. The van der Waals surface area contributed by atoms with Gasteiger partial charge in [-0.1, -0.05) is 13.8 Å². The van der Waals surface area contributed by atoms with Crippen molar-refractivity contribution < 1.29 is 4.74 Å². The number of allylic oxidation sites excluding steroid dienone is 1. The number of rotatable bonds is 5. The molecule has 92 valence electrons. The van der Waals surface area contributed by atoms with Crippen LogP contribution in [-0.4, -0.2) is 23.6 Å². The van der Waals surface area contributed by atoms with Gasteiger partial charge in [-0.25, -0.2) is 0 Å². The summed E-state index contributed by atoms with van der Waals surface area (Å²) < 4.78 is 5.55. The van der Waals surface area contributed by atoms with Gasteiger partial charge in [0, 0.05) is 24.9 Å². The van der Waals surface area contributed by atoms with E-state index in [2.05, 4.69) is 24.8 Å². The van der Waals surface area contributed by atoms with Crippen LogP contribution in [0.2, 0.25) is 0 Å². The molecule has 0 aliphatic carbocycles. The summed E-state index contributed by atoms with van der Waals surface area (Å²) in [6, 6.07) is 0. The van der Waals surface area contributed by atoms with Gasteiger partial charge in [-0.2, -0.15) is 0 Å². The van der Waals surface area contributed by atoms with E-state index < -0.39 is 0 Å². The molecule has 1 rings (SSSR count). The molecule has 0 aromatic carbocycles. The first kappa shape index (κ1) is 12.9. The molecular weight excluding hydrogens is 200 g/mol. The van der Waals surface area contributed by atoms with E-state index in [4.69, 9.17) is 10.5 Å². The zero-order chi connectivity index (χ0) is 12.2. The van der Waals surface area contributed by atoms with E-state index in [-0.39, 0.29) is 5.60 Å². The molecule has 0 bridgehead atoms. The van der Waals surface area contributed by atoms with Crippen molar-refractivity contribution in [1.82, 2.24) is 4.90 Å². The molecule has 3 heteroatoms. The van der Waals surface area contributed by atoms with Gasteiger partial charge in [-0.3, -0.25) is 0 Å². The Morgan fingerprint density at radius 3 is 2.25 bits per heavy atom. The molecule has 0 amide bonds. The number of nitrogens with two attached hydrogens (primary N) is 1. The minimum absolute atomic E-state index is 0.298. The van der Waals surface area contributed by atoms with Crippen molar-refractivity contribution in [2.24, 2.45) is 5.73 Å². The molecule has 0 aromatic heterocycles. The van der Waals surface area contributed by atoms with Crippen molar-refractivity contribution in [1.29, 1.82) is 0 Å². The molecule has 0 unspecified atom stereocenters. The van der Waals surface area contributed by atoms with Crippen LogP contribution in [0.3, 0.4) is 0 Å². The lowest BCUT2D eigenvalue weighted by Crippen LogP contribution is -2.33. The second kappa shape index (κ2) is 5.28. The molecule has 0 fully saturated rings. The highest BCUT2D eigenvalue weighted by Crippen LogP contribution is 2.24. The molecule has 0 spiro atoms. The van der Waals surface area contributed by atoms with Crippen LogP contribution in [0, 0.1) is 0 Å². The van der Waals surface area contributed by atoms with Crippen LogP contribution in [-0.2, 0) is 4.74 Å².